The van der Waals surface area contributed by atoms with Gasteiger partial charge in [0, 0.05) is 17.4 Å². The molecule has 0 saturated carbocycles. The molecule has 6 nitrogen and oxygen atoms in total. The Balaban J connectivity index is 1.51. The van der Waals surface area contributed by atoms with Crippen LogP contribution in [0.2, 0.25) is 5.02 Å². The maximum Gasteiger partial charge on any atom is 0.336 e. The van der Waals surface area contributed by atoms with Gasteiger partial charge in [0.05, 0.1) is 12.5 Å². The van der Waals surface area contributed by atoms with Crippen molar-refractivity contribution in [2.45, 2.75) is 62.6 Å². The van der Waals surface area contributed by atoms with Crippen LogP contribution < -0.4 is 0 Å². The van der Waals surface area contributed by atoms with Gasteiger partial charge in [-0.2, -0.15) is 0 Å². The summed E-state index contributed by atoms with van der Waals surface area (Å²) in [5, 5.41) is 38.8. The Morgan fingerprint density at radius 1 is 1.00 bits per heavy atom. The van der Waals surface area contributed by atoms with E-state index < -0.39 is 36.5 Å². The van der Waals surface area contributed by atoms with Crippen LogP contribution >= 0.6 is 11.6 Å². The number of unbranched alkanes of at least 4 members (excludes halogenated alkanes) is 2. The van der Waals surface area contributed by atoms with E-state index in [0.717, 1.165) is 19.3 Å². The van der Waals surface area contributed by atoms with Crippen molar-refractivity contribution in [2.75, 3.05) is 0 Å². The molecule has 0 heterocycles. The van der Waals surface area contributed by atoms with Crippen LogP contribution in [0.25, 0.3) is 11.1 Å². The van der Waals surface area contributed by atoms with Crippen LogP contribution in [-0.4, -0.2) is 44.1 Å². The second-order valence-corrected chi connectivity index (χ2v) is 8.71. The van der Waals surface area contributed by atoms with Gasteiger partial charge < -0.3 is 20.4 Å². The summed E-state index contributed by atoms with van der Waals surface area (Å²) >= 11 is 6.20. The lowest BCUT2D eigenvalue weighted by molar-refractivity contribution is -0.168. The number of aliphatic hydroxyl groups is 2. The molecule has 0 fully saturated rings. The average molecular weight is 447 g/mol. The van der Waals surface area contributed by atoms with Gasteiger partial charge in [-0.05, 0) is 47.2 Å². The van der Waals surface area contributed by atoms with Crippen LogP contribution in [-0.2, 0) is 9.59 Å². The zero-order valence-electron chi connectivity index (χ0n) is 17.1. The topological polar surface area (TPSA) is 115 Å². The highest BCUT2D eigenvalue weighted by atomic mass is 35.5. The number of aliphatic carboxylic acids is 2. The van der Waals surface area contributed by atoms with Crippen molar-refractivity contribution < 1.29 is 30.0 Å². The molecule has 3 atom stereocenters. The fourth-order valence-electron chi connectivity index (χ4n) is 4.47. The molecule has 3 rings (SSSR count). The molecule has 7 heteroatoms. The molecule has 0 aliphatic heterocycles. The van der Waals surface area contributed by atoms with Crippen LogP contribution in [0.15, 0.2) is 42.5 Å². The van der Waals surface area contributed by atoms with Gasteiger partial charge in [-0.15, -0.1) is 0 Å². The fraction of sp³-hybridized carbons (Fsp3) is 0.417. The van der Waals surface area contributed by atoms with Crippen molar-refractivity contribution in [3.05, 3.63) is 58.6 Å². The first-order valence-electron chi connectivity index (χ1n) is 10.5. The van der Waals surface area contributed by atoms with Crippen LogP contribution in [0.4, 0.5) is 0 Å². The lowest BCUT2D eigenvalue weighted by atomic mass is 9.89. The van der Waals surface area contributed by atoms with E-state index in [9.17, 15) is 19.8 Å². The minimum Gasteiger partial charge on any atom is -0.481 e. The summed E-state index contributed by atoms with van der Waals surface area (Å²) in [4.78, 5) is 22.0. The number of carboxylic acids is 2. The molecule has 0 amide bonds. The number of aliphatic hydroxyl groups excluding tert-OH is 1. The van der Waals surface area contributed by atoms with E-state index in [1.807, 2.05) is 24.3 Å². The SMILES string of the molecule is O=C(O)C[C@@](O)(C[C@H](O)CCCCC[C@@H]1c2ccccc2-c2cc(Cl)ccc21)C(=O)O. The Morgan fingerprint density at radius 2 is 1.71 bits per heavy atom. The lowest BCUT2D eigenvalue weighted by Gasteiger charge is -2.24. The smallest absolute Gasteiger partial charge is 0.336 e. The summed E-state index contributed by atoms with van der Waals surface area (Å²) in [5.41, 5.74) is 2.50. The number of halogens is 1. The van der Waals surface area contributed by atoms with Crippen molar-refractivity contribution in [2.24, 2.45) is 0 Å². The molecule has 2 aromatic carbocycles. The van der Waals surface area contributed by atoms with E-state index in [1.54, 1.807) is 0 Å². The third-order valence-corrected chi connectivity index (χ3v) is 6.20. The second-order valence-electron chi connectivity index (χ2n) is 8.27. The van der Waals surface area contributed by atoms with Crippen molar-refractivity contribution in [3.63, 3.8) is 0 Å². The zero-order chi connectivity index (χ0) is 22.6. The number of benzene rings is 2. The van der Waals surface area contributed by atoms with Crippen molar-refractivity contribution in [1.29, 1.82) is 0 Å². The van der Waals surface area contributed by atoms with Crippen LogP contribution in [0, 0.1) is 0 Å². The Kier molecular flexibility index (Phi) is 7.36. The van der Waals surface area contributed by atoms with Crippen molar-refractivity contribution in [1.82, 2.24) is 0 Å². The van der Waals surface area contributed by atoms with Crippen LogP contribution in [0.3, 0.4) is 0 Å². The second kappa shape index (κ2) is 9.81. The predicted octanol–water partition coefficient (Wildman–Crippen LogP) is 4.44. The number of rotatable bonds is 11. The van der Waals surface area contributed by atoms with Gasteiger partial charge >= 0.3 is 11.9 Å². The highest BCUT2D eigenvalue weighted by Crippen LogP contribution is 2.47. The first kappa shape index (κ1) is 23.3. The summed E-state index contributed by atoms with van der Waals surface area (Å²) < 4.78 is 0. The van der Waals surface area contributed by atoms with Crippen LogP contribution in [0.1, 0.15) is 62.0 Å². The molecule has 0 saturated heterocycles. The first-order valence-corrected chi connectivity index (χ1v) is 10.8. The van der Waals surface area contributed by atoms with E-state index in [0.29, 0.717) is 23.8 Å². The summed E-state index contributed by atoms with van der Waals surface area (Å²) in [6, 6.07) is 14.3. The average Bonchev–Trinajstić information content (AvgIpc) is 3.00. The third kappa shape index (κ3) is 5.45. The molecule has 0 radical (unpaired) electrons. The molecule has 166 valence electrons. The van der Waals surface area contributed by atoms with Gasteiger partial charge in [0.25, 0.3) is 0 Å². The number of carbonyl (C=O) groups is 2. The maximum atomic E-state index is 11.2. The molecule has 0 spiro atoms. The van der Waals surface area contributed by atoms with Gasteiger partial charge in [0.2, 0.25) is 0 Å². The van der Waals surface area contributed by atoms with Gasteiger partial charge in [-0.1, -0.05) is 61.2 Å². The van der Waals surface area contributed by atoms with Gasteiger partial charge in [-0.25, -0.2) is 4.79 Å². The molecule has 0 unspecified atom stereocenters. The molecule has 1 aliphatic rings. The Bertz CT molecular complexity index is 959. The van der Waals surface area contributed by atoms with Crippen LogP contribution in [0.5, 0.6) is 0 Å². The van der Waals surface area contributed by atoms with E-state index in [4.69, 9.17) is 21.8 Å². The highest BCUT2D eigenvalue weighted by Gasteiger charge is 2.40. The van der Waals surface area contributed by atoms with E-state index in [1.165, 1.54) is 22.3 Å². The molecule has 4 N–H and O–H groups in total. The molecule has 2 aromatic rings. The molecule has 1 aliphatic carbocycles. The number of carboxylic acid groups (broad SMARTS) is 2. The molecule has 0 bridgehead atoms. The van der Waals surface area contributed by atoms with E-state index in [2.05, 4.69) is 18.2 Å². The highest BCUT2D eigenvalue weighted by molar-refractivity contribution is 6.31. The first-order chi connectivity index (χ1) is 14.7. The summed E-state index contributed by atoms with van der Waals surface area (Å²) in [6.07, 6.45) is 1.15. The minimum atomic E-state index is -2.45. The monoisotopic (exact) mass is 446 g/mol. The molecule has 31 heavy (non-hydrogen) atoms. The Labute approximate surface area is 186 Å². The minimum absolute atomic E-state index is 0.293. The number of fused-ring (bicyclic) bond motifs is 3. The standard InChI is InChI=1S/C24H27ClO6/c25-15-10-11-20-18(17-8-4-5-9-19(17)21(20)12-15)7-3-1-2-6-16(26)13-24(31,23(29)30)14-22(27)28/h4-5,8-12,16,18,26,31H,1-3,6-7,13-14H2,(H,27,28)(H,29,30)/t16-,18-,24+/m1/s1. The number of hydrogen-bond acceptors (Lipinski definition) is 4. The molecular weight excluding hydrogens is 420 g/mol. The lowest BCUT2D eigenvalue weighted by Crippen LogP contribution is -2.43. The Hall–Kier alpha value is -2.41. The fourth-order valence-corrected chi connectivity index (χ4v) is 4.64. The van der Waals surface area contributed by atoms with Crippen molar-refractivity contribution >= 4 is 23.5 Å². The van der Waals surface area contributed by atoms with Gasteiger partial charge in [0.1, 0.15) is 0 Å². The van der Waals surface area contributed by atoms with Crippen molar-refractivity contribution in [3.8, 4) is 11.1 Å². The Morgan fingerprint density at radius 3 is 2.42 bits per heavy atom. The molecule has 0 aromatic heterocycles. The summed E-state index contributed by atoms with van der Waals surface area (Å²) in [7, 11) is 0. The quantitative estimate of drug-likeness (QED) is 0.379. The summed E-state index contributed by atoms with van der Waals surface area (Å²) in [5.74, 6) is -2.76. The normalized spacial score (nSPS) is 17.5. The number of hydrogen-bond donors (Lipinski definition) is 4. The van der Waals surface area contributed by atoms with Gasteiger partial charge in [-0.3, -0.25) is 4.79 Å². The zero-order valence-corrected chi connectivity index (χ0v) is 17.9. The van der Waals surface area contributed by atoms with E-state index >= 15 is 0 Å². The van der Waals surface area contributed by atoms with E-state index in [-0.39, 0.29) is 0 Å². The summed E-state index contributed by atoms with van der Waals surface area (Å²) in [6.45, 7) is 0. The predicted molar refractivity (Wildman–Crippen MR) is 117 cm³/mol. The maximum absolute atomic E-state index is 11.2. The molecular formula is C24H27ClO6. The largest absolute Gasteiger partial charge is 0.481 e. The van der Waals surface area contributed by atoms with Gasteiger partial charge in [0.15, 0.2) is 5.60 Å². The third-order valence-electron chi connectivity index (χ3n) is 5.96.